The van der Waals surface area contributed by atoms with Gasteiger partial charge in [-0.05, 0) is 11.1 Å². The summed E-state index contributed by atoms with van der Waals surface area (Å²) in [6.07, 6.45) is 1.05. The van der Waals surface area contributed by atoms with E-state index < -0.39 is 0 Å². The zero-order chi connectivity index (χ0) is 8.29. The van der Waals surface area contributed by atoms with Gasteiger partial charge < -0.3 is 0 Å². The zero-order valence-electron chi connectivity index (χ0n) is 6.39. The maximum absolute atomic E-state index is 11.1. The first-order valence-corrected chi connectivity index (χ1v) is 3.98. The van der Waals surface area contributed by atoms with Crippen LogP contribution in [0.2, 0.25) is 0 Å². The van der Waals surface area contributed by atoms with Crippen molar-refractivity contribution in [1.29, 1.82) is 0 Å². The van der Waals surface area contributed by atoms with Gasteiger partial charge in [0.1, 0.15) is 0 Å². The van der Waals surface area contributed by atoms with E-state index >= 15 is 0 Å². The van der Waals surface area contributed by atoms with Crippen LogP contribution in [0.5, 0.6) is 0 Å². The van der Waals surface area contributed by atoms with Crippen molar-refractivity contribution in [1.82, 2.24) is 0 Å². The fourth-order valence-electron chi connectivity index (χ4n) is 1.93. The fourth-order valence-corrected chi connectivity index (χ4v) is 1.93. The first-order chi connectivity index (χ1) is 5.77. The Bertz CT molecular complexity index is 389. The molecule has 0 N–H and O–H groups in total. The highest BCUT2D eigenvalue weighted by Gasteiger charge is 2.35. The number of hydrogen-bond donors (Lipinski definition) is 0. The molecule has 0 amide bonds. The molecular formula is C10H6O2. The topological polar surface area (TPSA) is 34.1 Å². The molecule has 0 bridgehead atoms. The van der Waals surface area contributed by atoms with E-state index in [0.29, 0.717) is 24.0 Å². The van der Waals surface area contributed by atoms with Gasteiger partial charge in [0.15, 0.2) is 11.6 Å². The van der Waals surface area contributed by atoms with E-state index in [1.165, 1.54) is 0 Å². The number of ketones is 2. The Balaban J connectivity index is 2.37. The molecule has 0 saturated carbocycles. The minimum atomic E-state index is 0.134. The van der Waals surface area contributed by atoms with Gasteiger partial charge in [0.25, 0.3) is 0 Å². The van der Waals surface area contributed by atoms with Crippen LogP contribution in [-0.4, -0.2) is 11.6 Å². The molecule has 3 rings (SSSR count). The average Bonchev–Trinajstić information content (AvgIpc) is 2.04. The first-order valence-electron chi connectivity index (χ1n) is 3.98. The lowest BCUT2D eigenvalue weighted by Crippen LogP contribution is -2.30. The summed E-state index contributed by atoms with van der Waals surface area (Å²) in [5, 5.41) is 0. The maximum atomic E-state index is 11.1. The van der Waals surface area contributed by atoms with E-state index in [4.69, 9.17) is 0 Å². The molecule has 12 heavy (non-hydrogen) atoms. The van der Waals surface area contributed by atoms with Gasteiger partial charge in [-0.1, -0.05) is 12.1 Å². The van der Waals surface area contributed by atoms with Gasteiger partial charge in [-0.25, -0.2) is 0 Å². The molecule has 2 aliphatic carbocycles. The summed E-state index contributed by atoms with van der Waals surface area (Å²) in [5.41, 5.74) is 3.52. The summed E-state index contributed by atoms with van der Waals surface area (Å²) in [6, 6.07) is 3.92. The molecule has 0 fully saturated rings. The first kappa shape index (κ1) is 6.12. The third-order valence-electron chi connectivity index (χ3n) is 2.64. The quantitative estimate of drug-likeness (QED) is 0.567. The van der Waals surface area contributed by atoms with Crippen LogP contribution in [0, 0.1) is 0 Å². The molecule has 0 radical (unpaired) electrons. The van der Waals surface area contributed by atoms with Crippen molar-refractivity contribution in [2.75, 3.05) is 0 Å². The van der Waals surface area contributed by atoms with Gasteiger partial charge >= 0.3 is 0 Å². The summed E-state index contributed by atoms with van der Waals surface area (Å²) in [5.74, 6) is 0.268. The second kappa shape index (κ2) is 1.66. The normalized spacial score (nSPS) is 17.7. The lowest BCUT2D eigenvalue weighted by molar-refractivity contribution is 0.0926. The molecule has 0 heterocycles. The largest absolute Gasteiger partial charge is 0.294 e. The number of fused-ring (bicyclic) bond motifs is 3. The van der Waals surface area contributed by atoms with Crippen molar-refractivity contribution in [2.24, 2.45) is 0 Å². The Morgan fingerprint density at radius 2 is 1.25 bits per heavy atom. The molecule has 58 valence electrons. The van der Waals surface area contributed by atoms with E-state index in [-0.39, 0.29) is 11.6 Å². The van der Waals surface area contributed by atoms with Crippen molar-refractivity contribution >= 4 is 11.6 Å². The smallest absolute Gasteiger partial charge is 0.168 e. The average molecular weight is 158 g/mol. The molecule has 2 aliphatic rings. The second-order valence-electron chi connectivity index (χ2n) is 3.33. The SMILES string of the molecule is O=C1Cc2ccc3c(c21)C(=O)C3. The van der Waals surface area contributed by atoms with Gasteiger partial charge in [0, 0.05) is 24.0 Å². The molecule has 1 aromatic carbocycles. The Kier molecular flexibility index (Phi) is 0.845. The van der Waals surface area contributed by atoms with E-state index in [9.17, 15) is 9.59 Å². The highest BCUT2D eigenvalue weighted by atomic mass is 16.1. The fraction of sp³-hybridized carbons (Fsp3) is 0.200. The number of benzene rings is 1. The van der Waals surface area contributed by atoms with E-state index in [1.807, 2.05) is 12.1 Å². The summed E-state index contributed by atoms with van der Waals surface area (Å²) in [4.78, 5) is 22.2. The van der Waals surface area contributed by atoms with Crippen LogP contribution < -0.4 is 0 Å². The van der Waals surface area contributed by atoms with Gasteiger partial charge in [-0.2, -0.15) is 0 Å². The minimum absolute atomic E-state index is 0.134. The van der Waals surface area contributed by atoms with Gasteiger partial charge in [-0.15, -0.1) is 0 Å². The molecular weight excluding hydrogens is 152 g/mol. The van der Waals surface area contributed by atoms with Crippen LogP contribution in [0.3, 0.4) is 0 Å². The standard InChI is InChI=1S/C10H6O2/c11-7-3-5-1-2-6-4-8(12)10(6)9(5)7/h1-2H,3-4H2. The highest BCUT2D eigenvalue weighted by molar-refractivity contribution is 6.19. The van der Waals surface area contributed by atoms with Crippen molar-refractivity contribution in [2.45, 2.75) is 12.8 Å². The summed E-state index contributed by atoms with van der Waals surface area (Å²) in [7, 11) is 0. The van der Waals surface area contributed by atoms with E-state index in [0.717, 1.165) is 11.1 Å². The molecule has 0 atom stereocenters. The van der Waals surface area contributed by atoms with Crippen molar-refractivity contribution < 1.29 is 9.59 Å². The van der Waals surface area contributed by atoms with Gasteiger partial charge in [0.2, 0.25) is 0 Å². The third-order valence-corrected chi connectivity index (χ3v) is 2.64. The lowest BCUT2D eigenvalue weighted by atomic mass is 9.73. The van der Waals surface area contributed by atoms with Crippen LogP contribution >= 0.6 is 0 Å². The number of carbonyl (C=O) groups excluding carboxylic acids is 2. The van der Waals surface area contributed by atoms with E-state index in [1.54, 1.807) is 0 Å². The molecule has 0 aromatic heterocycles. The molecule has 2 heteroatoms. The van der Waals surface area contributed by atoms with Crippen LogP contribution in [0.1, 0.15) is 31.8 Å². The van der Waals surface area contributed by atoms with Crippen LogP contribution in [0.4, 0.5) is 0 Å². The molecule has 1 aromatic rings. The van der Waals surface area contributed by atoms with Crippen LogP contribution in [0.15, 0.2) is 12.1 Å². The molecule has 0 unspecified atom stereocenters. The Morgan fingerprint density at radius 1 is 0.833 bits per heavy atom. The predicted octanol–water partition coefficient (Wildman–Crippen LogP) is 1.16. The predicted molar refractivity (Wildman–Crippen MR) is 42.5 cm³/mol. The van der Waals surface area contributed by atoms with E-state index in [2.05, 4.69) is 0 Å². The second-order valence-corrected chi connectivity index (χ2v) is 3.33. The Labute approximate surface area is 69.2 Å². The highest BCUT2D eigenvalue weighted by Crippen LogP contribution is 2.34. The monoisotopic (exact) mass is 158 g/mol. The lowest BCUT2D eigenvalue weighted by Gasteiger charge is -2.27. The molecule has 0 spiro atoms. The van der Waals surface area contributed by atoms with Crippen molar-refractivity contribution in [3.8, 4) is 0 Å². The summed E-state index contributed by atoms with van der Waals surface area (Å²) >= 11 is 0. The number of carbonyl (C=O) groups is 2. The summed E-state index contributed by atoms with van der Waals surface area (Å²) in [6.45, 7) is 0. The molecule has 2 nitrogen and oxygen atoms in total. The van der Waals surface area contributed by atoms with Crippen LogP contribution in [-0.2, 0) is 12.8 Å². The Morgan fingerprint density at radius 3 is 1.58 bits per heavy atom. The Hall–Kier alpha value is -1.44. The minimum Gasteiger partial charge on any atom is -0.294 e. The molecule has 0 aliphatic heterocycles. The molecule has 0 saturated heterocycles. The zero-order valence-corrected chi connectivity index (χ0v) is 6.39. The number of hydrogen-bond acceptors (Lipinski definition) is 2. The van der Waals surface area contributed by atoms with Crippen molar-refractivity contribution in [3.05, 3.63) is 34.4 Å². The number of Topliss-reactive ketones (excluding diaryl/α,β-unsaturated/α-hetero) is 2. The number of rotatable bonds is 0. The van der Waals surface area contributed by atoms with Crippen molar-refractivity contribution in [3.63, 3.8) is 0 Å². The van der Waals surface area contributed by atoms with Crippen LogP contribution in [0.25, 0.3) is 0 Å². The third kappa shape index (κ3) is 0.491. The van der Waals surface area contributed by atoms with Gasteiger partial charge in [0.05, 0.1) is 0 Å². The van der Waals surface area contributed by atoms with Gasteiger partial charge in [-0.3, -0.25) is 9.59 Å². The maximum Gasteiger partial charge on any atom is 0.168 e. The summed E-state index contributed by atoms with van der Waals surface area (Å²) < 4.78 is 0.